The van der Waals surface area contributed by atoms with E-state index in [1.54, 1.807) is 11.3 Å². The van der Waals surface area contributed by atoms with Crippen molar-refractivity contribution >= 4 is 33.2 Å². The maximum absolute atomic E-state index is 11.8. The molecular weight excluding hydrogens is 262 g/mol. The number of carbonyl (C=O) groups is 1. The lowest BCUT2D eigenvalue weighted by atomic mass is 10.3. The molecule has 1 amide bonds. The van der Waals surface area contributed by atoms with Crippen LogP contribution in [0.25, 0.3) is 0 Å². The highest BCUT2D eigenvalue weighted by Gasteiger charge is 2.25. The van der Waals surface area contributed by atoms with Crippen molar-refractivity contribution < 1.29 is 4.79 Å². The summed E-state index contributed by atoms with van der Waals surface area (Å²) in [7, 11) is 1.88. The molecule has 0 bridgehead atoms. The number of rotatable bonds is 3. The summed E-state index contributed by atoms with van der Waals surface area (Å²) in [4.78, 5) is 13.7. The van der Waals surface area contributed by atoms with Crippen LogP contribution in [0, 0.1) is 5.92 Å². The third-order valence-electron chi connectivity index (χ3n) is 2.39. The summed E-state index contributed by atoms with van der Waals surface area (Å²) < 4.78 is 1.01. The average molecular weight is 274 g/mol. The summed E-state index contributed by atoms with van der Waals surface area (Å²) in [5, 5.41) is 1.90. The van der Waals surface area contributed by atoms with Crippen molar-refractivity contribution in [2.45, 2.75) is 12.8 Å². The predicted molar refractivity (Wildman–Crippen MR) is 61.7 cm³/mol. The van der Waals surface area contributed by atoms with Gasteiger partial charge in [-0.1, -0.05) is 0 Å². The monoisotopic (exact) mass is 273 g/mol. The Morgan fingerprint density at radius 3 is 2.93 bits per heavy atom. The van der Waals surface area contributed by atoms with Gasteiger partial charge in [0.15, 0.2) is 0 Å². The van der Waals surface area contributed by atoms with Gasteiger partial charge in [0.05, 0.1) is 9.35 Å². The molecule has 2 nitrogen and oxygen atoms in total. The van der Waals surface area contributed by atoms with E-state index >= 15 is 0 Å². The molecule has 0 saturated heterocycles. The van der Waals surface area contributed by atoms with E-state index in [0.29, 0.717) is 0 Å². The van der Waals surface area contributed by atoms with Gasteiger partial charge in [-0.15, -0.1) is 11.3 Å². The summed E-state index contributed by atoms with van der Waals surface area (Å²) in [6.45, 7) is 0.909. The minimum Gasteiger partial charge on any atom is -0.341 e. The van der Waals surface area contributed by atoms with E-state index in [2.05, 4.69) is 15.9 Å². The Kier molecular flexibility index (Phi) is 2.93. The van der Waals surface area contributed by atoms with Crippen LogP contribution in [0.3, 0.4) is 0 Å². The lowest BCUT2D eigenvalue weighted by Crippen LogP contribution is -2.28. The molecule has 1 fully saturated rings. The molecule has 2 rings (SSSR count). The Morgan fingerprint density at radius 1 is 1.71 bits per heavy atom. The molecule has 1 aromatic rings. The van der Waals surface area contributed by atoms with E-state index in [1.165, 1.54) is 12.8 Å². The smallest absolute Gasteiger partial charge is 0.254 e. The third-order valence-corrected chi connectivity index (χ3v) is 3.89. The van der Waals surface area contributed by atoms with E-state index in [1.807, 2.05) is 23.4 Å². The van der Waals surface area contributed by atoms with Gasteiger partial charge >= 0.3 is 0 Å². The summed E-state index contributed by atoms with van der Waals surface area (Å²) in [5.74, 6) is 0.893. The van der Waals surface area contributed by atoms with Crippen LogP contribution in [0.1, 0.15) is 23.2 Å². The molecule has 14 heavy (non-hydrogen) atoms. The zero-order valence-electron chi connectivity index (χ0n) is 8.00. The van der Waals surface area contributed by atoms with Gasteiger partial charge in [0.2, 0.25) is 0 Å². The first kappa shape index (κ1) is 10.2. The number of hydrogen-bond acceptors (Lipinski definition) is 2. The van der Waals surface area contributed by atoms with Gasteiger partial charge in [0, 0.05) is 19.0 Å². The fraction of sp³-hybridized carbons (Fsp3) is 0.500. The Bertz CT molecular complexity index is 346. The van der Waals surface area contributed by atoms with Crippen LogP contribution in [0.4, 0.5) is 0 Å². The molecule has 1 aromatic heterocycles. The molecule has 1 saturated carbocycles. The van der Waals surface area contributed by atoms with Crippen molar-refractivity contribution in [1.82, 2.24) is 4.90 Å². The zero-order chi connectivity index (χ0) is 10.1. The maximum atomic E-state index is 11.8. The van der Waals surface area contributed by atoms with Crippen LogP contribution in [0.2, 0.25) is 0 Å². The fourth-order valence-electron chi connectivity index (χ4n) is 1.41. The van der Waals surface area contributed by atoms with Crippen molar-refractivity contribution in [3.8, 4) is 0 Å². The molecule has 0 aromatic carbocycles. The molecule has 0 aliphatic heterocycles. The Labute approximate surface area is 96.0 Å². The number of nitrogens with zero attached hydrogens (tertiary/aromatic N) is 1. The first-order valence-electron chi connectivity index (χ1n) is 4.66. The van der Waals surface area contributed by atoms with Crippen molar-refractivity contribution in [2.75, 3.05) is 13.6 Å². The summed E-state index contributed by atoms with van der Waals surface area (Å²) in [5.41, 5.74) is 0.796. The Morgan fingerprint density at radius 2 is 2.43 bits per heavy atom. The first-order valence-corrected chi connectivity index (χ1v) is 6.33. The minimum absolute atomic E-state index is 0.138. The third kappa shape index (κ3) is 2.36. The normalized spacial score (nSPS) is 15.6. The number of amides is 1. The van der Waals surface area contributed by atoms with Crippen LogP contribution in [-0.4, -0.2) is 24.4 Å². The van der Waals surface area contributed by atoms with Gasteiger partial charge in [0.25, 0.3) is 5.91 Å². The van der Waals surface area contributed by atoms with E-state index in [4.69, 9.17) is 0 Å². The fourth-order valence-corrected chi connectivity index (χ4v) is 2.54. The molecule has 0 unspecified atom stereocenters. The van der Waals surface area contributed by atoms with Crippen molar-refractivity contribution in [2.24, 2.45) is 5.92 Å². The lowest BCUT2D eigenvalue weighted by Gasteiger charge is -2.15. The van der Waals surface area contributed by atoms with Gasteiger partial charge in [-0.05, 0) is 40.8 Å². The van der Waals surface area contributed by atoms with Crippen molar-refractivity contribution in [3.63, 3.8) is 0 Å². The van der Waals surface area contributed by atoms with E-state index in [9.17, 15) is 4.79 Å². The van der Waals surface area contributed by atoms with Crippen LogP contribution in [0.5, 0.6) is 0 Å². The summed E-state index contributed by atoms with van der Waals surface area (Å²) in [6, 6.07) is 1.89. The molecular formula is C10H12BrNOS. The molecule has 76 valence electrons. The highest BCUT2D eigenvalue weighted by atomic mass is 79.9. The summed E-state index contributed by atoms with van der Waals surface area (Å²) >= 11 is 4.91. The molecule has 1 aliphatic carbocycles. The Hall–Kier alpha value is -0.350. The molecule has 1 aliphatic rings. The molecule has 4 heteroatoms. The van der Waals surface area contributed by atoms with Crippen molar-refractivity contribution in [3.05, 3.63) is 20.8 Å². The number of thiophene rings is 1. The average Bonchev–Trinajstić information content (AvgIpc) is 2.85. The van der Waals surface area contributed by atoms with Crippen LogP contribution >= 0.6 is 27.3 Å². The number of halogens is 1. The van der Waals surface area contributed by atoms with Crippen LogP contribution in [-0.2, 0) is 0 Å². The largest absolute Gasteiger partial charge is 0.341 e. The van der Waals surface area contributed by atoms with E-state index in [0.717, 1.165) is 21.8 Å². The minimum atomic E-state index is 0.138. The van der Waals surface area contributed by atoms with Gasteiger partial charge < -0.3 is 4.90 Å². The lowest BCUT2D eigenvalue weighted by molar-refractivity contribution is 0.0789. The molecule has 0 radical (unpaired) electrons. The number of carbonyl (C=O) groups excluding carboxylic acids is 1. The molecule has 0 spiro atoms. The standard InChI is InChI=1S/C10H12BrNOS/c1-12(5-7-2-3-7)10(13)8-4-9(11)14-6-8/h4,6-7H,2-3,5H2,1H3. The van der Waals surface area contributed by atoms with Gasteiger partial charge in [-0.3, -0.25) is 4.79 Å². The zero-order valence-corrected chi connectivity index (χ0v) is 10.4. The molecule has 0 N–H and O–H groups in total. The highest BCUT2D eigenvalue weighted by Crippen LogP contribution is 2.30. The molecule has 0 atom stereocenters. The van der Waals surface area contributed by atoms with E-state index in [-0.39, 0.29) is 5.91 Å². The maximum Gasteiger partial charge on any atom is 0.254 e. The van der Waals surface area contributed by atoms with Crippen molar-refractivity contribution in [1.29, 1.82) is 0 Å². The second-order valence-corrected chi connectivity index (χ2v) is 6.06. The number of hydrogen-bond donors (Lipinski definition) is 0. The topological polar surface area (TPSA) is 20.3 Å². The van der Waals surface area contributed by atoms with Gasteiger partial charge in [-0.2, -0.15) is 0 Å². The van der Waals surface area contributed by atoms with Gasteiger partial charge in [-0.25, -0.2) is 0 Å². The second-order valence-electron chi connectivity index (χ2n) is 3.77. The quantitative estimate of drug-likeness (QED) is 0.829. The predicted octanol–water partition coefficient (Wildman–Crippen LogP) is 2.99. The van der Waals surface area contributed by atoms with Crippen LogP contribution < -0.4 is 0 Å². The second kappa shape index (κ2) is 4.03. The summed E-state index contributed by atoms with van der Waals surface area (Å²) in [6.07, 6.45) is 2.57. The highest BCUT2D eigenvalue weighted by molar-refractivity contribution is 9.11. The van der Waals surface area contributed by atoms with Gasteiger partial charge in [0.1, 0.15) is 0 Å². The Balaban J connectivity index is 1.99. The first-order chi connectivity index (χ1) is 6.66. The SMILES string of the molecule is CN(CC1CC1)C(=O)c1csc(Br)c1. The molecule has 1 heterocycles. The van der Waals surface area contributed by atoms with Crippen LogP contribution in [0.15, 0.2) is 15.2 Å². The van der Waals surface area contributed by atoms with E-state index < -0.39 is 0 Å².